The summed E-state index contributed by atoms with van der Waals surface area (Å²) in [5.74, 6) is 0. The first-order valence-corrected chi connectivity index (χ1v) is 6.34. The molecule has 0 spiro atoms. The van der Waals surface area contributed by atoms with E-state index in [-0.39, 0.29) is 12.2 Å². The van der Waals surface area contributed by atoms with E-state index in [9.17, 15) is 0 Å². The van der Waals surface area contributed by atoms with Crippen LogP contribution in [0, 0.1) is 0 Å². The molecule has 0 aromatic rings. The Balaban J connectivity index is 3.56. The molecule has 0 saturated heterocycles. The highest BCUT2D eigenvalue weighted by molar-refractivity contribution is 7.94. The van der Waals surface area contributed by atoms with Gasteiger partial charge in [-0.15, -0.1) is 0 Å². The highest BCUT2D eigenvalue weighted by Gasteiger charge is 2.11. The zero-order valence-corrected chi connectivity index (χ0v) is 9.10. The van der Waals surface area contributed by atoms with Gasteiger partial charge in [0, 0.05) is 0 Å². The average Bonchev–Trinajstić information content (AvgIpc) is 1.89. The van der Waals surface area contributed by atoms with Gasteiger partial charge in [0.25, 0.3) is 0 Å². The molecule has 0 aromatic carbocycles. The molecule has 0 aromatic heterocycles. The monoisotopic (exact) mass is 214 g/mol. The summed E-state index contributed by atoms with van der Waals surface area (Å²) in [5, 5.41) is 0. The molecule has 0 fully saturated rings. The van der Waals surface area contributed by atoms with Crippen LogP contribution in [-0.4, -0.2) is 12.2 Å². The second-order valence-electron chi connectivity index (χ2n) is 1.77. The van der Waals surface area contributed by atoms with Crippen LogP contribution in [0.2, 0.25) is 0 Å². The molecule has 2 nitrogen and oxygen atoms in total. The summed E-state index contributed by atoms with van der Waals surface area (Å²) in [6, 6.07) is 0. The average molecular weight is 214 g/mol. The van der Waals surface area contributed by atoms with E-state index in [2.05, 4.69) is 23.6 Å². The first kappa shape index (κ1) is 11.0. The topological polar surface area (TPSA) is 18.5 Å². The third-order valence-electron chi connectivity index (χ3n) is 1.08. The standard InChI is InChI=1S/C4H8O2P2S2/c1-3(5-7-9)4(2)6-8-10/h3-4H,1-2H3. The number of hydrogen-bond acceptors (Lipinski definition) is 4. The van der Waals surface area contributed by atoms with E-state index in [0.717, 1.165) is 0 Å². The molecule has 0 bridgehead atoms. The molecule has 0 radical (unpaired) electrons. The summed E-state index contributed by atoms with van der Waals surface area (Å²) >= 11 is 9.20. The number of rotatable bonds is 5. The van der Waals surface area contributed by atoms with Gasteiger partial charge in [-0.05, 0) is 37.5 Å². The maximum Gasteiger partial charge on any atom is 0.137 e. The summed E-state index contributed by atoms with van der Waals surface area (Å²) in [6.07, 6.45) is 0.0456. The van der Waals surface area contributed by atoms with Gasteiger partial charge in [0.1, 0.15) is 15.2 Å². The lowest BCUT2D eigenvalue weighted by Crippen LogP contribution is -2.19. The van der Waals surface area contributed by atoms with Crippen LogP contribution in [0.25, 0.3) is 0 Å². The van der Waals surface area contributed by atoms with E-state index in [4.69, 9.17) is 9.05 Å². The van der Waals surface area contributed by atoms with E-state index in [1.807, 2.05) is 13.8 Å². The Bertz CT molecular complexity index is 108. The quantitative estimate of drug-likeness (QED) is 0.654. The third-order valence-corrected chi connectivity index (χ3v) is 2.43. The van der Waals surface area contributed by atoms with Gasteiger partial charge in [0.2, 0.25) is 0 Å². The fourth-order valence-electron chi connectivity index (χ4n) is 0.307. The van der Waals surface area contributed by atoms with Crippen LogP contribution in [0.4, 0.5) is 0 Å². The second-order valence-corrected chi connectivity index (χ2v) is 3.38. The Hall–Kier alpha value is 0.960. The summed E-state index contributed by atoms with van der Waals surface area (Å²) in [7, 11) is 1.03. The smallest absolute Gasteiger partial charge is 0.137 e. The highest BCUT2D eigenvalue weighted by Crippen LogP contribution is 2.13. The molecule has 2 unspecified atom stereocenters. The van der Waals surface area contributed by atoms with Crippen LogP contribution in [0.5, 0.6) is 0 Å². The molecule has 0 aliphatic rings. The highest BCUT2D eigenvalue weighted by atomic mass is 32.4. The molecular formula is C4H8O2P2S2. The summed E-state index contributed by atoms with van der Waals surface area (Å²) in [5.41, 5.74) is 0. The maximum absolute atomic E-state index is 5.07. The molecule has 0 aliphatic heterocycles. The first-order chi connectivity index (χ1) is 4.72. The molecule has 0 N–H and O–H groups in total. The van der Waals surface area contributed by atoms with Gasteiger partial charge < -0.3 is 9.05 Å². The summed E-state index contributed by atoms with van der Waals surface area (Å²) in [4.78, 5) is 0. The Morgan fingerprint density at radius 3 is 1.50 bits per heavy atom. The van der Waals surface area contributed by atoms with Crippen molar-refractivity contribution in [3.63, 3.8) is 0 Å². The summed E-state index contributed by atoms with van der Waals surface area (Å²) in [6.45, 7) is 3.81. The first-order valence-electron chi connectivity index (χ1n) is 2.69. The Morgan fingerprint density at radius 2 is 1.30 bits per heavy atom. The van der Waals surface area contributed by atoms with Crippen LogP contribution in [-0.2, 0) is 32.7 Å². The van der Waals surface area contributed by atoms with Gasteiger partial charge in [-0.2, -0.15) is 0 Å². The minimum atomic E-state index is 0.0228. The number of hydrogen-bond donors (Lipinski definition) is 0. The van der Waals surface area contributed by atoms with Gasteiger partial charge >= 0.3 is 0 Å². The predicted octanol–water partition coefficient (Wildman–Crippen LogP) is 2.44. The lowest BCUT2D eigenvalue weighted by molar-refractivity contribution is 0.108. The van der Waals surface area contributed by atoms with E-state index < -0.39 is 0 Å². The molecule has 0 saturated carbocycles. The molecule has 10 heavy (non-hydrogen) atoms. The van der Waals surface area contributed by atoms with Crippen LogP contribution in [0.3, 0.4) is 0 Å². The van der Waals surface area contributed by atoms with Crippen molar-refractivity contribution >= 4 is 38.8 Å². The van der Waals surface area contributed by atoms with Gasteiger partial charge in [-0.3, -0.25) is 0 Å². The molecule has 2 atom stereocenters. The van der Waals surface area contributed by atoms with Crippen molar-refractivity contribution in [2.75, 3.05) is 0 Å². The van der Waals surface area contributed by atoms with Crippen molar-refractivity contribution in [2.45, 2.75) is 26.1 Å². The largest absolute Gasteiger partial charge is 0.311 e. The molecule has 0 rings (SSSR count). The van der Waals surface area contributed by atoms with Crippen LogP contribution >= 0.6 is 15.2 Å². The Labute approximate surface area is 74.1 Å². The minimum absolute atomic E-state index is 0.0228. The van der Waals surface area contributed by atoms with Gasteiger partial charge in [-0.25, -0.2) is 0 Å². The maximum atomic E-state index is 5.07. The fourth-order valence-corrected chi connectivity index (χ4v) is 1.74. The summed E-state index contributed by atoms with van der Waals surface area (Å²) < 4.78 is 10.1. The zero-order valence-electron chi connectivity index (χ0n) is 5.68. The van der Waals surface area contributed by atoms with Crippen LogP contribution < -0.4 is 0 Å². The van der Waals surface area contributed by atoms with Gasteiger partial charge in [0.05, 0.1) is 12.2 Å². The molecule has 0 amide bonds. The lowest BCUT2D eigenvalue weighted by atomic mass is 10.3. The molecule has 0 aliphatic carbocycles. The van der Waals surface area contributed by atoms with Crippen molar-refractivity contribution in [1.82, 2.24) is 0 Å². The lowest BCUT2D eigenvalue weighted by Gasteiger charge is -2.13. The van der Waals surface area contributed by atoms with E-state index >= 15 is 0 Å². The van der Waals surface area contributed by atoms with Crippen molar-refractivity contribution in [2.24, 2.45) is 0 Å². The molecule has 58 valence electrons. The van der Waals surface area contributed by atoms with E-state index in [0.29, 0.717) is 15.2 Å². The van der Waals surface area contributed by atoms with Crippen LogP contribution in [0.1, 0.15) is 13.8 Å². The zero-order chi connectivity index (χ0) is 7.98. The predicted molar refractivity (Wildman–Crippen MR) is 49.7 cm³/mol. The van der Waals surface area contributed by atoms with E-state index in [1.54, 1.807) is 0 Å². The van der Waals surface area contributed by atoms with Crippen molar-refractivity contribution in [3.8, 4) is 0 Å². The second kappa shape index (κ2) is 6.66. The molecule has 0 heterocycles. The van der Waals surface area contributed by atoms with Crippen molar-refractivity contribution in [3.05, 3.63) is 0 Å². The van der Waals surface area contributed by atoms with Gasteiger partial charge in [-0.1, -0.05) is 0 Å². The van der Waals surface area contributed by atoms with Crippen molar-refractivity contribution in [1.29, 1.82) is 0 Å². The molecule has 6 heteroatoms. The molecular weight excluding hydrogens is 206 g/mol. The van der Waals surface area contributed by atoms with Crippen LogP contribution in [0.15, 0.2) is 0 Å². The fraction of sp³-hybridized carbons (Fsp3) is 1.00. The third kappa shape index (κ3) is 4.73. The Morgan fingerprint density at radius 1 is 1.00 bits per heavy atom. The van der Waals surface area contributed by atoms with Crippen molar-refractivity contribution < 1.29 is 9.05 Å². The van der Waals surface area contributed by atoms with E-state index in [1.165, 1.54) is 0 Å². The minimum Gasteiger partial charge on any atom is -0.311 e. The normalized spacial score (nSPS) is 17.4. The Kier molecular flexibility index (Phi) is 7.30. The SMILES string of the molecule is CC(OP=S)C(C)OP=S. The van der Waals surface area contributed by atoms with Gasteiger partial charge in [0.15, 0.2) is 0 Å².